The van der Waals surface area contributed by atoms with Gasteiger partial charge in [-0.1, -0.05) is 0 Å². The van der Waals surface area contributed by atoms with Crippen LogP contribution in [0.3, 0.4) is 0 Å². The van der Waals surface area contributed by atoms with E-state index in [9.17, 15) is 14.9 Å². The molecule has 2 aromatic heterocycles. The lowest BCUT2D eigenvalue weighted by Gasteiger charge is -2.07. The van der Waals surface area contributed by atoms with Crippen LogP contribution >= 0.6 is 11.3 Å². The number of aromatic nitrogens is 2. The van der Waals surface area contributed by atoms with Crippen LogP contribution in [0.15, 0.2) is 36.0 Å². The summed E-state index contributed by atoms with van der Waals surface area (Å²) in [4.78, 5) is 31.0. The highest BCUT2D eigenvalue weighted by Crippen LogP contribution is 2.31. The molecule has 0 atom stereocenters. The van der Waals surface area contributed by atoms with Crippen LogP contribution in [0, 0.1) is 10.1 Å². The van der Waals surface area contributed by atoms with E-state index in [1.54, 1.807) is 0 Å². The van der Waals surface area contributed by atoms with E-state index in [0.717, 1.165) is 17.3 Å². The number of hydrogen-bond donors (Lipinski definition) is 0. The number of ether oxygens (including phenoxy) is 2. The Morgan fingerprint density at radius 1 is 1.30 bits per heavy atom. The molecule has 0 radical (unpaired) electrons. The van der Waals surface area contributed by atoms with Crippen LogP contribution in [-0.2, 0) is 4.74 Å². The quantitative estimate of drug-likeness (QED) is 0.411. The lowest BCUT2D eigenvalue weighted by atomic mass is 10.1. The fourth-order valence-corrected chi connectivity index (χ4v) is 2.69. The van der Waals surface area contributed by atoms with E-state index in [-0.39, 0.29) is 17.0 Å². The number of nitrogens with zero attached hydrogens (tertiary/aromatic N) is 3. The van der Waals surface area contributed by atoms with Crippen LogP contribution < -0.4 is 4.74 Å². The number of fused-ring (bicyclic) bond motifs is 1. The average Bonchev–Trinajstić information content (AvgIpc) is 3.03. The lowest BCUT2D eigenvalue weighted by Crippen LogP contribution is -2.06. The van der Waals surface area contributed by atoms with E-state index in [1.165, 1.54) is 35.9 Å². The first-order valence-electron chi connectivity index (χ1n) is 6.33. The molecule has 2 heterocycles. The van der Waals surface area contributed by atoms with Crippen LogP contribution in [0.5, 0.6) is 11.6 Å². The molecule has 0 bridgehead atoms. The molecular weight excluding hydrogens is 322 g/mol. The number of carbonyl (C=O) groups excluding carboxylic acids is 1. The van der Waals surface area contributed by atoms with Crippen LogP contribution in [0.25, 0.3) is 10.2 Å². The Morgan fingerprint density at radius 2 is 2.13 bits per heavy atom. The lowest BCUT2D eigenvalue weighted by molar-refractivity contribution is -0.385. The predicted octanol–water partition coefficient (Wildman–Crippen LogP) is 3.18. The Bertz CT molecular complexity index is 908. The Hall–Kier alpha value is -3.07. The Kier molecular flexibility index (Phi) is 3.85. The van der Waals surface area contributed by atoms with Gasteiger partial charge >= 0.3 is 5.97 Å². The molecule has 0 aliphatic rings. The number of hydrogen-bond acceptors (Lipinski definition) is 8. The van der Waals surface area contributed by atoms with Crippen molar-refractivity contribution in [2.24, 2.45) is 0 Å². The fourth-order valence-electron chi connectivity index (χ4n) is 1.97. The molecule has 3 aromatic rings. The van der Waals surface area contributed by atoms with Gasteiger partial charge in [0, 0.05) is 12.1 Å². The second kappa shape index (κ2) is 5.97. The smallest absolute Gasteiger partial charge is 0.345 e. The molecule has 116 valence electrons. The number of nitro groups is 1. The van der Waals surface area contributed by atoms with E-state index in [2.05, 4.69) is 14.7 Å². The third-order valence-corrected chi connectivity index (χ3v) is 3.83. The molecule has 9 heteroatoms. The van der Waals surface area contributed by atoms with Crippen molar-refractivity contribution < 1.29 is 19.2 Å². The van der Waals surface area contributed by atoms with Gasteiger partial charge in [0.25, 0.3) is 5.69 Å². The molecule has 0 saturated heterocycles. The van der Waals surface area contributed by atoms with Crippen molar-refractivity contribution in [3.63, 3.8) is 0 Å². The van der Waals surface area contributed by atoms with Crippen LogP contribution in [0.4, 0.5) is 5.69 Å². The summed E-state index contributed by atoms with van der Waals surface area (Å²) in [5, 5.41) is 13.6. The van der Waals surface area contributed by atoms with E-state index in [4.69, 9.17) is 4.74 Å². The number of esters is 1. The van der Waals surface area contributed by atoms with Crippen molar-refractivity contribution in [3.05, 3.63) is 51.7 Å². The summed E-state index contributed by atoms with van der Waals surface area (Å²) in [5.74, 6) is -0.270. The highest BCUT2D eigenvalue weighted by atomic mass is 32.1. The number of nitro benzene ring substituents is 1. The first-order valence-corrected chi connectivity index (χ1v) is 7.21. The summed E-state index contributed by atoms with van der Waals surface area (Å²) in [5.41, 5.74) is -0.543. The molecule has 0 N–H and O–H groups in total. The summed E-state index contributed by atoms with van der Waals surface area (Å²) in [6, 6.07) is 5.64. The largest absolute Gasteiger partial charge is 0.465 e. The maximum Gasteiger partial charge on any atom is 0.345 e. The summed E-state index contributed by atoms with van der Waals surface area (Å²) in [6.07, 6.45) is 1.36. The summed E-state index contributed by atoms with van der Waals surface area (Å²) in [7, 11) is 1.15. The summed E-state index contributed by atoms with van der Waals surface area (Å²) >= 11 is 1.44. The zero-order valence-corrected chi connectivity index (χ0v) is 12.6. The second-order valence-corrected chi connectivity index (χ2v) is 5.24. The average molecular weight is 331 g/mol. The predicted molar refractivity (Wildman–Crippen MR) is 81.9 cm³/mol. The van der Waals surface area contributed by atoms with Gasteiger partial charge in [0.2, 0.25) is 5.88 Å². The molecule has 3 rings (SSSR count). The van der Waals surface area contributed by atoms with Crippen molar-refractivity contribution in [2.45, 2.75) is 0 Å². The highest BCUT2D eigenvalue weighted by Gasteiger charge is 2.22. The van der Waals surface area contributed by atoms with E-state index in [1.807, 2.05) is 11.4 Å². The minimum absolute atomic E-state index is 0.189. The molecular formula is C14H9N3O5S. The van der Waals surface area contributed by atoms with Gasteiger partial charge in [-0.3, -0.25) is 10.1 Å². The Morgan fingerprint density at radius 3 is 2.87 bits per heavy atom. The van der Waals surface area contributed by atoms with Crippen molar-refractivity contribution >= 4 is 33.2 Å². The first kappa shape index (κ1) is 14.9. The van der Waals surface area contributed by atoms with Crippen LogP contribution in [0.2, 0.25) is 0 Å². The Labute approximate surface area is 133 Å². The fraction of sp³-hybridized carbons (Fsp3) is 0.0714. The van der Waals surface area contributed by atoms with Gasteiger partial charge in [0.15, 0.2) is 0 Å². The minimum Gasteiger partial charge on any atom is -0.465 e. The summed E-state index contributed by atoms with van der Waals surface area (Å²) in [6.45, 7) is 0. The molecule has 0 aliphatic carbocycles. The maximum atomic E-state index is 11.7. The molecule has 23 heavy (non-hydrogen) atoms. The number of benzene rings is 1. The van der Waals surface area contributed by atoms with Gasteiger partial charge in [-0.15, -0.1) is 11.3 Å². The summed E-state index contributed by atoms with van der Waals surface area (Å²) < 4.78 is 10.2. The third kappa shape index (κ3) is 2.81. The zero-order chi connectivity index (χ0) is 16.4. The highest BCUT2D eigenvalue weighted by molar-refractivity contribution is 7.16. The van der Waals surface area contributed by atoms with E-state index in [0.29, 0.717) is 5.88 Å². The molecule has 0 spiro atoms. The minimum atomic E-state index is -0.814. The van der Waals surface area contributed by atoms with Crippen molar-refractivity contribution in [2.75, 3.05) is 7.11 Å². The van der Waals surface area contributed by atoms with Crippen LogP contribution in [0.1, 0.15) is 10.4 Å². The topological polar surface area (TPSA) is 104 Å². The molecule has 0 saturated carbocycles. The molecule has 8 nitrogen and oxygen atoms in total. The third-order valence-electron chi connectivity index (χ3n) is 3.01. The number of carbonyl (C=O) groups is 1. The van der Waals surface area contributed by atoms with E-state index < -0.39 is 10.9 Å². The van der Waals surface area contributed by atoms with Gasteiger partial charge in [-0.25, -0.2) is 14.8 Å². The SMILES string of the molecule is COC(=O)c1cc(Oc2ncnc3sccc23)ccc1[N+](=O)[O-]. The monoisotopic (exact) mass is 331 g/mol. The van der Waals surface area contributed by atoms with Crippen molar-refractivity contribution in [1.82, 2.24) is 9.97 Å². The standard InChI is InChI=1S/C14H9N3O5S/c1-21-14(18)10-6-8(2-3-11(10)17(19)20)22-12-9-4-5-23-13(9)16-7-15-12/h2-7H,1H3. The van der Waals surface area contributed by atoms with Gasteiger partial charge < -0.3 is 9.47 Å². The molecule has 1 aromatic carbocycles. The van der Waals surface area contributed by atoms with Gasteiger partial charge in [-0.05, 0) is 17.5 Å². The zero-order valence-electron chi connectivity index (χ0n) is 11.8. The number of thiophene rings is 1. The molecule has 0 unspecified atom stereocenters. The molecule has 0 aliphatic heterocycles. The van der Waals surface area contributed by atoms with Crippen LogP contribution in [-0.4, -0.2) is 28.0 Å². The van der Waals surface area contributed by atoms with Crippen molar-refractivity contribution in [1.29, 1.82) is 0 Å². The van der Waals surface area contributed by atoms with Gasteiger partial charge in [0.05, 0.1) is 17.4 Å². The number of rotatable bonds is 4. The normalized spacial score (nSPS) is 10.5. The second-order valence-electron chi connectivity index (χ2n) is 4.35. The van der Waals surface area contributed by atoms with E-state index >= 15 is 0 Å². The van der Waals surface area contributed by atoms with Crippen molar-refractivity contribution in [3.8, 4) is 11.6 Å². The molecule has 0 amide bonds. The van der Waals surface area contributed by atoms with Gasteiger partial charge in [0.1, 0.15) is 22.5 Å². The first-order chi connectivity index (χ1) is 11.1. The maximum absolute atomic E-state index is 11.7. The molecule has 0 fully saturated rings. The Balaban J connectivity index is 2.02. The van der Waals surface area contributed by atoms with Gasteiger partial charge in [-0.2, -0.15) is 0 Å². The number of methoxy groups -OCH3 is 1.